The van der Waals surface area contributed by atoms with Crippen LogP contribution in [0.2, 0.25) is 0 Å². The first kappa shape index (κ1) is 16.9. The highest BCUT2D eigenvalue weighted by Gasteiger charge is 2.25. The highest BCUT2D eigenvalue weighted by Crippen LogP contribution is 2.25. The third kappa shape index (κ3) is 3.65. The minimum absolute atomic E-state index is 0.0529. The fourth-order valence-electron chi connectivity index (χ4n) is 3.84. The van der Waals surface area contributed by atoms with Crippen molar-refractivity contribution in [1.29, 1.82) is 0 Å². The molecule has 0 radical (unpaired) electrons. The Kier molecular flexibility index (Phi) is 5.02. The highest BCUT2D eigenvalue weighted by atomic mass is 16.3. The molecule has 1 N–H and O–H groups in total. The molecule has 1 aliphatic rings. The van der Waals surface area contributed by atoms with Crippen molar-refractivity contribution in [2.24, 2.45) is 0 Å². The number of carbonyl (C=O) groups excluding carboxylic acids is 1. The molecule has 134 valence electrons. The van der Waals surface area contributed by atoms with Gasteiger partial charge in [-0.25, -0.2) is 0 Å². The van der Waals surface area contributed by atoms with E-state index in [1.807, 2.05) is 36.4 Å². The largest absolute Gasteiger partial charge is 0.468 e. The molecule has 4 heteroatoms. The fourth-order valence-corrected chi connectivity index (χ4v) is 3.84. The smallest absolute Gasteiger partial charge is 0.224 e. The van der Waals surface area contributed by atoms with Gasteiger partial charge in [0.15, 0.2) is 0 Å². The molecule has 0 bridgehead atoms. The predicted molar refractivity (Wildman–Crippen MR) is 103 cm³/mol. The predicted octanol–water partition coefficient (Wildman–Crippen LogP) is 3.93. The molecule has 1 amide bonds. The maximum absolute atomic E-state index is 12.6. The normalized spacial score (nSPS) is 16.0. The lowest BCUT2D eigenvalue weighted by Gasteiger charge is -2.26. The lowest BCUT2D eigenvalue weighted by Crippen LogP contribution is -2.37. The summed E-state index contributed by atoms with van der Waals surface area (Å²) in [5.74, 6) is 0.981. The molecule has 4 rings (SSSR count). The average Bonchev–Trinajstić information content (AvgIpc) is 3.37. The fraction of sp³-hybridized carbons (Fsp3) is 0.318. The van der Waals surface area contributed by atoms with Crippen LogP contribution < -0.4 is 5.32 Å². The molecule has 4 nitrogen and oxygen atoms in total. The zero-order valence-electron chi connectivity index (χ0n) is 14.9. The summed E-state index contributed by atoms with van der Waals surface area (Å²) in [5, 5.41) is 5.44. The number of hydrogen-bond donors (Lipinski definition) is 1. The van der Waals surface area contributed by atoms with Crippen molar-refractivity contribution in [2.45, 2.75) is 25.3 Å². The molecule has 1 aliphatic heterocycles. The Hall–Kier alpha value is -2.59. The lowest BCUT2D eigenvalue weighted by molar-refractivity contribution is -0.120. The molecule has 0 spiro atoms. The molecule has 2 aromatic carbocycles. The first-order valence-electron chi connectivity index (χ1n) is 9.32. The highest BCUT2D eigenvalue weighted by molar-refractivity contribution is 5.90. The summed E-state index contributed by atoms with van der Waals surface area (Å²) in [4.78, 5) is 15.0. The minimum atomic E-state index is 0.0529. The molecule has 0 saturated carbocycles. The van der Waals surface area contributed by atoms with E-state index in [1.54, 1.807) is 6.26 Å². The maximum Gasteiger partial charge on any atom is 0.224 e. The number of fused-ring (bicyclic) bond motifs is 1. The molecule has 0 unspecified atom stereocenters. The summed E-state index contributed by atoms with van der Waals surface area (Å²) in [6, 6.07) is 18.4. The summed E-state index contributed by atoms with van der Waals surface area (Å²) in [5.41, 5.74) is 1.07. The van der Waals surface area contributed by atoms with E-state index in [4.69, 9.17) is 4.42 Å². The molecule has 1 atom stereocenters. The van der Waals surface area contributed by atoms with Gasteiger partial charge in [0.2, 0.25) is 5.91 Å². The van der Waals surface area contributed by atoms with Crippen molar-refractivity contribution in [3.8, 4) is 0 Å². The van der Waals surface area contributed by atoms with Crippen LogP contribution >= 0.6 is 0 Å². The number of carbonyl (C=O) groups is 1. The van der Waals surface area contributed by atoms with Crippen molar-refractivity contribution in [3.63, 3.8) is 0 Å². The van der Waals surface area contributed by atoms with Crippen molar-refractivity contribution < 1.29 is 9.21 Å². The first-order valence-corrected chi connectivity index (χ1v) is 9.32. The maximum atomic E-state index is 12.6. The summed E-state index contributed by atoms with van der Waals surface area (Å²) < 4.78 is 5.62. The first-order chi connectivity index (χ1) is 12.8. The molecule has 3 aromatic rings. The number of furan rings is 1. The summed E-state index contributed by atoms with van der Waals surface area (Å²) in [6.45, 7) is 2.70. The van der Waals surface area contributed by atoms with Gasteiger partial charge in [0.05, 0.1) is 18.7 Å². The van der Waals surface area contributed by atoms with E-state index >= 15 is 0 Å². The van der Waals surface area contributed by atoms with E-state index < -0.39 is 0 Å². The van der Waals surface area contributed by atoms with Gasteiger partial charge in [-0.05, 0) is 54.4 Å². The molecule has 26 heavy (non-hydrogen) atoms. The zero-order valence-corrected chi connectivity index (χ0v) is 14.9. The molecule has 1 aromatic heterocycles. The van der Waals surface area contributed by atoms with Crippen LogP contribution in [0.25, 0.3) is 10.8 Å². The van der Waals surface area contributed by atoms with Crippen molar-refractivity contribution >= 4 is 16.7 Å². The summed E-state index contributed by atoms with van der Waals surface area (Å²) in [7, 11) is 0. The van der Waals surface area contributed by atoms with Crippen LogP contribution in [0.1, 0.15) is 30.2 Å². The van der Waals surface area contributed by atoms with E-state index in [9.17, 15) is 4.79 Å². The Morgan fingerprint density at radius 1 is 1.04 bits per heavy atom. The van der Waals surface area contributed by atoms with E-state index in [1.165, 1.54) is 18.2 Å². The topological polar surface area (TPSA) is 45.5 Å². The van der Waals surface area contributed by atoms with Crippen molar-refractivity contribution in [1.82, 2.24) is 10.2 Å². The van der Waals surface area contributed by atoms with Crippen LogP contribution in [-0.2, 0) is 11.2 Å². The number of likely N-dealkylation sites (tertiary alicyclic amines) is 1. The van der Waals surface area contributed by atoms with Gasteiger partial charge in [-0.15, -0.1) is 0 Å². The monoisotopic (exact) mass is 348 g/mol. The molecule has 0 aliphatic carbocycles. The van der Waals surface area contributed by atoms with Crippen LogP contribution in [0, 0.1) is 0 Å². The van der Waals surface area contributed by atoms with Crippen molar-refractivity contribution in [2.75, 3.05) is 19.6 Å². The quantitative estimate of drug-likeness (QED) is 0.734. The van der Waals surface area contributed by atoms with Gasteiger partial charge in [-0.2, -0.15) is 0 Å². The Morgan fingerprint density at radius 3 is 2.65 bits per heavy atom. The second-order valence-corrected chi connectivity index (χ2v) is 6.89. The Morgan fingerprint density at radius 2 is 1.85 bits per heavy atom. The van der Waals surface area contributed by atoms with E-state index in [0.29, 0.717) is 13.0 Å². The number of nitrogens with zero attached hydrogens (tertiary/aromatic N) is 1. The lowest BCUT2D eigenvalue weighted by atomic mass is 10.0. The Labute approximate surface area is 153 Å². The number of hydrogen-bond acceptors (Lipinski definition) is 3. The average molecular weight is 348 g/mol. The number of nitrogens with one attached hydrogen (secondary N) is 1. The second kappa shape index (κ2) is 7.75. The molecule has 1 saturated heterocycles. The Balaban J connectivity index is 1.43. The molecule has 2 heterocycles. The molecular formula is C22H24N2O2. The summed E-state index contributed by atoms with van der Waals surface area (Å²) in [6.07, 6.45) is 4.52. The molecular weight excluding hydrogens is 324 g/mol. The van der Waals surface area contributed by atoms with Crippen LogP contribution in [-0.4, -0.2) is 30.4 Å². The second-order valence-electron chi connectivity index (χ2n) is 6.89. The van der Waals surface area contributed by atoms with Gasteiger partial charge in [0, 0.05) is 6.54 Å². The van der Waals surface area contributed by atoms with Crippen LogP contribution in [0.5, 0.6) is 0 Å². The standard InChI is InChI=1S/C22H24N2O2/c25-22(15-18-9-5-8-17-7-1-2-10-19(17)18)23-16-20(21-11-6-14-26-21)24-12-3-4-13-24/h1-2,5-11,14,20H,3-4,12-13,15-16H2,(H,23,25)/t20-/m0/s1. The number of amides is 1. The van der Waals surface area contributed by atoms with E-state index in [-0.39, 0.29) is 11.9 Å². The van der Waals surface area contributed by atoms with Gasteiger partial charge < -0.3 is 9.73 Å². The van der Waals surface area contributed by atoms with Crippen LogP contribution in [0.3, 0.4) is 0 Å². The third-order valence-corrected chi connectivity index (χ3v) is 5.18. The van der Waals surface area contributed by atoms with Gasteiger partial charge in [-0.3, -0.25) is 9.69 Å². The van der Waals surface area contributed by atoms with Gasteiger partial charge in [-0.1, -0.05) is 42.5 Å². The minimum Gasteiger partial charge on any atom is -0.468 e. The SMILES string of the molecule is O=C(Cc1cccc2ccccc12)NC[C@@H](c1ccco1)N1CCCC1. The third-order valence-electron chi connectivity index (χ3n) is 5.18. The van der Waals surface area contributed by atoms with Gasteiger partial charge in [0.25, 0.3) is 0 Å². The molecule has 1 fully saturated rings. The number of benzene rings is 2. The van der Waals surface area contributed by atoms with E-state index in [2.05, 4.69) is 28.4 Å². The van der Waals surface area contributed by atoms with Crippen LogP contribution in [0.15, 0.2) is 65.3 Å². The van der Waals surface area contributed by atoms with Crippen molar-refractivity contribution in [3.05, 3.63) is 72.2 Å². The Bertz CT molecular complexity index is 861. The summed E-state index contributed by atoms with van der Waals surface area (Å²) >= 11 is 0. The number of rotatable bonds is 6. The van der Waals surface area contributed by atoms with Crippen LogP contribution in [0.4, 0.5) is 0 Å². The zero-order chi connectivity index (χ0) is 17.8. The van der Waals surface area contributed by atoms with Gasteiger partial charge >= 0.3 is 0 Å². The van der Waals surface area contributed by atoms with E-state index in [0.717, 1.165) is 29.8 Å². The van der Waals surface area contributed by atoms with Gasteiger partial charge in [0.1, 0.15) is 5.76 Å².